The third kappa shape index (κ3) is 4.47. The highest BCUT2D eigenvalue weighted by atomic mass is 16.5. The lowest BCUT2D eigenvalue weighted by Gasteiger charge is -2.32. The molecule has 1 aromatic heterocycles. The topological polar surface area (TPSA) is 84.0 Å². The third-order valence-electron chi connectivity index (χ3n) is 6.39. The van der Waals surface area contributed by atoms with Gasteiger partial charge in [0, 0.05) is 49.2 Å². The molecule has 8 nitrogen and oxygen atoms in total. The molecule has 0 atom stereocenters. The molecule has 176 valence electrons. The van der Waals surface area contributed by atoms with E-state index < -0.39 is 0 Å². The lowest BCUT2D eigenvalue weighted by atomic mass is 9.94. The summed E-state index contributed by atoms with van der Waals surface area (Å²) >= 11 is 0. The number of pyridine rings is 1. The van der Waals surface area contributed by atoms with Crippen LogP contribution in [0.5, 0.6) is 5.75 Å². The van der Waals surface area contributed by atoms with Gasteiger partial charge in [-0.1, -0.05) is 30.3 Å². The Kier molecular flexibility index (Phi) is 6.42. The second-order valence-electron chi connectivity index (χ2n) is 8.54. The van der Waals surface area contributed by atoms with Gasteiger partial charge in [0.25, 0.3) is 5.91 Å². The molecule has 8 heteroatoms. The monoisotopic (exact) mass is 460 g/mol. The molecule has 3 heterocycles. The Labute approximate surface area is 198 Å². The summed E-state index contributed by atoms with van der Waals surface area (Å²) in [6.45, 7) is 3.67. The largest absolute Gasteiger partial charge is 0.495 e. The molecule has 0 spiro atoms. The number of hydrogen-bond acceptors (Lipinski definition) is 6. The molecule has 0 aliphatic carbocycles. The van der Waals surface area contributed by atoms with Gasteiger partial charge in [-0.2, -0.15) is 0 Å². The number of carbonyl (C=O) groups excluding carboxylic acids is 2. The fraction of sp³-hybridized carbons (Fsp3) is 0.346. The van der Waals surface area contributed by atoms with Crippen molar-refractivity contribution in [3.63, 3.8) is 0 Å². The standard InChI is InChI=1S/C26H28N4O4/c1-33-23-9-5-4-8-22(23)28-24(31)17-29-11-10-21-19(16-29)25(18-6-2-3-7-20(18)27-21)26(32)30-12-14-34-15-13-30/h2-9H,10-17H2,1H3,(H,28,31). The molecule has 2 amide bonds. The predicted molar refractivity (Wildman–Crippen MR) is 129 cm³/mol. The number of morpholine rings is 1. The summed E-state index contributed by atoms with van der Waals surface area (Å²) in [6, 6.07) is 15.2. The minimum atomic E-state index is -0.122. The molecule has 1 saturated heterocycles. The van der Waals surface area contributed by atoms with Crippen molar-refractivity contribution in [2.75, 3.05) is 51.8 Å². The van der Waals surface area contributed by atoms with Crippen molar-refractivity contribution in [1.82, 2.24) is 14.8 Å². The number of fused-ring (bicyclic) bond motifs is 2. The number of methoxy groups -OCH3 is 1. The predicted octanol–water partition coefficient (Wildman–Crippen LogP) is 2.71. The van der Waals surface area contributed by atoms with Gasteiger partial charge in [-0.25, -0.2) is 0 Å². The number of ether oxygens (including phenoxy) is 2. The average Bonchev–Trinajstić information content (AvgIpc) is 2.87. The van der Waals surface area contributed by atoms with Gasteiger partial charge in [0.1, 0.15) is 5.75 Å². The number of anilines is 1. The number of nitrogens with zero attached hydrogens (tertiary/aromatic N) is 3. The summed E-state index contributed by atoms with van der Waals surface area (Å²) in [5, 5.41) is 3.80. The first-order chi connectivity index (χ1) is 16.6. The molecule has 0 bridgehead atoms. The molecule has 2 aromatic carbocycles. The van der Waals surface area contributed by atoms with Crippen LogP contribution in [0, 0.1) is 0 Å². The molecule has 2 aliphatic heterocycles. The van der Waals surface area contributed by atoms with Crippen LogP contribution < -0.4 is 10.1 Å². The molecule has 5 rings (SSSR count). The van der Waals surface area contributed by atoms with Crippen LogP contribution in [0.15, 0.2) is 48.5 Å². The normalized spacial score (nSPS) is 16.2. The van der Waals surface area contributed by atoms with Gasteiger partial charge in [-0.3, -0.25) is 19.5 Å². The van der Waals surface area contributed by atoms with Gasteiger partial charge in [0.2, 0.25) is 5.91 Å². The maximum Gasteiger partial charge on any atom is 0.255 e. The molecule has 0 unspecified atom stereocenters. The molecular weight excluding hydrogens is 432 g/mol. The fourth-order valence-electron chi connectivity index (χ4n) is 4.69. The van der Waals surface area contributed by atoms with Crippen molar-refractivity contribution in [2.24, 2.45) is 0 Å². The number of para-hydroxylation sites is 3. The number of aromatic nitrogens is 1. The smallest absolute Gasteiger partial charge is 0.255 e. The minimum absolute atomic E-state index is 0.0125. The molecule has 0 radical (unpaired) electrons. The number of amides is 2. The summed E-state index contributed by atoms with van der Waals surface area (Å²) in [6.07, 6.45) is 0.686. The Morgan fingerprint density at radius 1 is 1.06 bits per heavy atom. The Balaban J connectivity index is 1.41. The zero-order valence-corrected chi connectivity index (χ0v) is 19.3. The van der Waals surface area contributed by atoms with E-state index in [1.807, 2.05) is 53.4 Å². The van der Waals surface area contributed by atoms with E-state index >= 15 is 0 Å². The van der Waals surface area contributed by atoms with Crippen molar-refractivity contribution < 1.29 is 19.1 Å². The van der Waals surface area contributed by atoms with Gasteiger partial charge >= 0.3 is 0 Å². The highest BCUT2D eigenvalue weighted by molar-refractivity contribution is 6.07. The lowest BCUT2D eigenvalue weighted by molar-refractivity contribution is -0.117. The highest BCUT2D eigenvalue weighted by Gasteiger charge is 2.29. The summed E-state index contributed by atoms with van der Waals surface area (Å²) in [4.78, 5) is 35.3. The van der Waals surface area contributed by atoms with E-state index in [1.165, 1.54) is 0 Å². The maximum absolute atomic E-state index is 13.7. The van der Waals surface area contributed by atoms with Crippen molar-refractivity contribution in [3.8, 4) is 5.75 Å². The number of rotatable bonds is 5. The van der Waals surface area contributed by atoms with E-state index in [4.69, 9.17) is 14.5 Å². The van der Waals surface area contributed by atoms with Crippen LogP contribution in [-0.4, -0.2) is 73.1 Å². The van der Waals surface area contributed by atoms with E-state index in [9.17, 15) is 9.59 Å². The van der Waals surface area contributed by atoms with Gasteiger partial charge in [-0.05, 0) is 18.2 Å². The van der Waals surface area contributed by atoms with Crippen molar-refractivity contribution >= 4 is 28.4 Å². The quantitative estimate of drug-likeness (QED) is 0.630. The Bertz CT molecular complexity index is 1220. The van der Waals surface area contributed by atoms with Crippen LogP contribution in [0.3, 0.4) is 0 Å². The van der Waals surface area contributed by atoms with Crippen LogP contribution in [0.1, 0.15) is 21.6 Å². The van der Waals surface area contributed by atoms with Crippen molar-refractivity contribution in [2.45, 2.75) is 13.0 Å². The summed E-state index contributed by atoms with van der Waals surface area (Å²) in [5.41, 5.74) is 4.05. The van der Waals surface area contributed by atoms with Crippen molar-refractivity contribution in [3.05, 3.63) is 65.4 Å². The van der Waals surface area contributed by atoms with Crippen LogP contribution in [0.4, 0.5) is 5.69 Å². The van der Waals surface area contributed by atoms with Gasteiger partial charge in [0.05, 0.1) is 43.6 Å². The molecule has 2 aliphatic rings. The summed E-state index contributed by atoms with van der Waals surface area (Å²) < 4.78 is 10.8. The number of carbonyl (C=O) groups is 2. The molecule has 1 fully saturated rings. The van der Waals surface area contributed by atoms with E-state index in [0.29, 0.717) is 62.8 Å². The van der Waals surface area contributed by atoms with E-state index in [2.05, 4.69) is 10.2 Å². The second-order valence-corrected chi connectivity index (χ2v) is 8.54. The van der Waals surface area contributed by atoms with Gasteiger partial charge in [0.15, 0.2) is 0 Å². The molecule has 0 saturated carbocycles. The Morgan fingerprint density at radius 3 is 2.65 bits per heavy atom. The average molecular weight is 461 g/mol. The molecule has 1 N–H and O–H groups in total. The SMILES string of the molecule is COc1ccccc1NC(=O)CN1CCc2nc3ccccc3c(C(=O)N3CCOCC3)c2C1. The first kappa shape index (κ1) is 22.3. The number of benzene rings is 2. The van der Waals surface area contributed by atoms with Crippen LogP contribution in [0.25, 0.3) is 10.9 Å². The third-order valence-corrected chi connectivity index (χ3v) is 6.39. The van der Waals surface area contributed by atoms with Crippen LogP contribution in [0.2, 0.25) is 0 Å². The fourth-order valence-corrected chi connectivity index (χ4v) is 4.69. The molecular formula is C26H28N4O4. The summed E-state index contributed by atoms with van der Waals surface area (Å²) in [5.74, 6) is 0.509. The summed E-state index contributed by atoms with van der Waals surface area (Å²) in [7, 11) is 1.58. The maximum atomic E-state index is 13.7. The zero-order valence-electron chi connectivity index (χ0n) is 19.3. The van der Waals surface area contributed by atoms with Crippen molar-refractivity contribution in [1.29, 1.82) is 0 Å². The Hall–Kier alpha value is -3.49. The van der Waals surface area contributed by atoms with Gasteiger partial charge < -0.3 is 19.7 Å². The van der Waals surface area contributed by atoms with Crippen LogP contribution in [-0.2, 0) is 22.5 Å². The van der Waals surface area contributed by atoms with Crippen LogP contribution >= 0.6 is 0 Å². The minimum Gasteiger partial charge on any atom is -0.495 e. The Morgan fingerprint density at radius 2 is 1.82 bits per heavy atom. The van der Waals surface area contributed by atoms with E-state index in [1.54, 1.807) is 7.11 Å². The zero-order chi connectivity index (χ0) is 23.5. The number of nitrogens with one attached hydrogen (secondary N) is 1. The first-order valence-electron chi connectivity index (χ1n) is 11.6. The lowest BCUT2D eigenvalue weighted by Crippen LogP contribution is -2.42. The van der Waals surface area contributed by atoms with Gasteiger partial charge in [-0.15, -0.1) is 0 Å². The molecule has 34 heavy (non-hydrogen) atoms. The number of hydrogen-bond donors (Lipinski definition) is 1. The van der Waals surface area contributed by atoms with E-state index in [-0.39, 0.29) is 18.4 Å². The highest BCUT2D eigenvalue weighted by Crippen LogP contribution is 2.30. The molecule has 3 aromatic rings. The first-order valence-corrected chi connectivity index (χ1v) is 11.6. The van der Waals surface area contributed by atoms with E-state index in [0.717, 1.165) is 22.2 Å². The second kappa shape index (κ2) is 9.79.